The van der Waals surface area contributed by atoms with Crippen LogP contribution in [-0.4, -0.2) is 21.5 Å². The van der Waals surface area contributed by atoms with Crippen molar-refractivity contribution in [3.8, 4) is 16.8 Å². The summed E-state index contributed by atoms with van der Waals surface area (Å²) in [5, 5.41) is 3.15. The Kier molecular flexibility index (Phi) is 4.84. The molecule has 1 N–H and O–H groups in total. The van der Waals surface area contributed by atoms with Crippen LogP contribution in [0.25, 0.3) is 16.8 Å². The molecule has 31 heavy (non-hydrogen) atoms. The topological polar surface area (TPSA) is 46.9 Å². The Morgan fingerprint density at radius 3 is 2.65 bits per heavy atom. The summed E-state index contributed by atoms with van der Waals surface area (Å²) in [7, 11) is 0. The van der Waals surface area contributed by atoms with Gasteiger partial charge in [-0.2, -0.15) is 13.2 Å². The lowest BCUT2D eigenvalue weighted by molar-refractivity contribution is -0.137. The van der Waals surface area contributed by atoms with Gasteiger partial charge in [0.2, 0.25) is 0 Å². The summed E-state index contributed by atoms with van der Waals surface area (Å²) >= 11 is 0. The molecule has 2 fully saturated rings. The molecule has 2 aliphatic rings. The number of nitrogens with one attached hydrogen (secondary N) is 1. The molecule has 7 heteroatoms. The van der Waals surface area contributed by atoms with Gasteiger partial charge in [-0.3, -0.25) is 9.36 Å². The molecule has 0 aliphatic heterocycles. The van der Waals surface area contributed by atoms with Crippen LogP contribution in [0.15, 0.2) is 61.1 Å². The zero-order valence-corrected chi connectivity index (χ0v) is 16.8. The SMILES string of the molecule is O=C(N[C@@H]1C[C@H]2CC[C@H]1C2)c1cncn1-c1cccc(-c2ccccc2C(F)(F)F)c1. The maximum absolute atomic E-state index is 13.5. The quantitative estimate of drug-likeness (QED) is 0.602. The van der Waals surface area contributed by atoms with Crippen molar-refractivity contribution in [3.63, 3.8) is 0 Å². The minimum atomic E-state index is -4.45. The first-order valence-electron chi connectivity index (χ1n) is 10.5. The van der Waals surface area contributed by atoms with Gasteiger partial charge in [0, 0.05) is 11.7 Å². The summed E-state index contributed by atoms with van der Waals surface area (Å²) in [5.74, 6) is 1.06. The lowest BCUT2D eigenvalue weighted by Gasteiger charge is -2.23. The Hall–Kier alpha value is -3.09. The summed E-state index contributed by atoms with van der Waals surface area (Å²) in [4.78, 5) is 17.1. The minimum Gasteiger partial charge on any atom is -0.348 e. The van der Waals surface area contributed by atoms with Gasteiger partial charge in [-0.1, -0.05) is 36.8 Å². The molecular formula is C24H22F3N3O. The van der Waals surface area contributed by atoms with E-state index >= 15 is 0 Å². The average Bonchev–Trinajstić information content (AvgIpc) is 3.50. The maximum Gasteiger partial charge on any atom is 0.417 e. The van der Waals surface area contributed by atoms with E-state index in [0.29, 0.717) is 28.8 Å². The lowest BCUT2D eigenvalue weighted by Crippen LogP contribution is -2.39. The van der Waals surface area contributed by atoms with Crippen molar-refractivity contribution < 1.29 is 18.0 Å². The number of carbonyl (C=O) groups excluding carboxylic acids is 1. The monoisotopic (exact) mass is 425 g/mol. The van der Waals surface area contributed by atoms with Crippen LogP contribution < -0.4 is 5.32 Å². The molecule has 2 bridgehead atoms. The van der Waals surface area contributed by atoms with E-state index in [4.69, 9.17) is 0 Å². The van der Waals surface area contributed by atoms with Crippen LogP contribution in [0.1, 0.15) is 41.7 Å². The van der Waals surface area contributed by atoms with Gasteiger partial charge in [0.15, 0.2) is 0 Å². The summed E-state index contributed by atoms with van der Waals surface area (Å²) in [6, 6.07) is 12.4. The highest BCUT2D eigenvalue weighted by molar-refractivity contribution is 5.93. The van der Waals surface area contributed by atoms with Crippen molar-refractivity contribution >= 4 is 5.91 Å². The van der Waals surface area contributed by atoms with E-state index in [9.17, 15) is 18.0 Å². The zero-order chi connectivity index (χ0) is 21.6. The molecule has 4 nitrogen and oxygen atoms in total. The summed E-state index contributed by atoms with van der Waals surface area (Å²) < 4.78 is 42.0. The van der Waals surface area contributed by atoms with Crippen molar-refractivity contribution in [2.24, 2.45) is 11.8 Å². The van der Waals surface area contributed by atoms with E-state index in [1.165, 1.54) is 37.5 Å². The van der Waals surface area contributed by atoms with E-state index in [0.717, 1.165) is 18.9 Å². The molecule has 0 saturated heterocycles. The molecule has 3 atom stereocenters. The molecule has 2 aliphatic carbocycles. The van der Waals surface area contributed by atoms with Crippen molar-refractivity contribution in [1.29, 1.82) is 0 Å². The Morgan fingerprint density at radius 1 is 1.06 bits per heavy atom. The van der Waals surface area contributed by atoms with Gasteiger partial charge in [0.25, 0.3) is 5.91 Å². The molecule has 1 aromatic heterocycles. The second-order valence-corrected chi connectivity index (χ2v) is 8.50. The van der Waals surface area contributed by atoms with Crippen LogP contribution in [0.2, 0.25) is 0 Å². The Labute approximate surface area is 178 Å². The molecule has 160 valence electrons. The molecule has 0 unspecified atom stereocenters. The van der Waals surface area contributed by atoms with Crippen LogP contribution in [0.4, 0.5) is 13.2 Å². The molecule has 0 spiro atoms. The van der Waals surface area contributed by atoms with E-state index in [1.807, 2.05) is 0 Å². The third-order valence-corrected chi connectivity index (χ3v) is 6.59. The van der Waals surface area contributed by atoms with E-state index < -0.39 is 11.7 Å². The maximum atomic E-state index is 13.5. The number of halogens is 3. The highest BCUT2D eigenvalue weighted by atomic mass is 19.4. The number of rotatable bonds is 4. The minimum absolute atomic E-state index is 0.102. The normalized spacial score (nSPS) is 22.6. The van der Waals surface area contributed by atoms with Gasteiger partial charge < -0.3 is 5.32 Å². The molecule has 0 radical (unpaired) electrons. The number of nitrogens with zero attached hydrogens (tertiary/aromatic N) is 2. The molecule has 2 saturated carbocycles. The number of hydrogen-bond acceptors (Lipinski definition) is 2. The molecule has 1 heterocycles. The molecule has 3 aromatic rings. The fourth-order valence-corrected chi connectivity index (χ4v) is 5.14. The van der Waals surface area contributed by atoms with Crippen LogP contribution >= 0.6 is 0 Å². The first-order chi connectivity index (χ1) is 14.9. The summed E-state index contributed by atoms with van der Waals surface area (Å²) in [5.41, 5.74) is 0.810. The predicted octanol–water partition coefficient (Wildman–Crippen LogP) is 5.48. The predicted molar refractivity (Wildman–Crippen MR) is 111 cm³/mol. The van der Waals surface area contributed by atoms with Gasteiger partial charge in [-0.25, -0.2) is 4.98 Å². The summed E-state index contributed by atoms with van der Waals surface area (Å²) in [6.45, 7) is 0. The van der Waals surface area contributed by atoms with Crippen LogP contribution in [0, 0.1) is 11.8 Å². The second-order valence-electron chi connectivity index (χ2n) is 8.50. The number of hydrogen-bond donors (Lipinski definition) is 1. The first-order valence-corrected chi connectivity index (χ1v) is 10.5. The standard InChI is InChI=1S/C24H22F3N3O/c25-24(26,27)20-7-2-1-6-19(20)16-4-3-5-18(12-16)30-14-28-13-22(30)23(31)29-21-11-15-8-9-17(21)10-15/h1-7,12-15,17,21H,8-11H2,(H,29,31)/t15-,17-,21+/m0/s1. The fraction of sp³-hybridized carbons (Fsp3) is 0.333. The van der Waals surface area contributed by atoms with Crippen molar-refractivity contribution in [3.05, 3.63) is 72.3 Å². The number of fused-ring (bicyclic) bond motifs is 2. The second kappa shape index (κ2) is 7.55. The number of benzene rings is 2. The Morgan fingerprint density at radius 2 is 1.90 bits per heavy atom. The Bertz CT molecular complexity index is 1120. The zero-order valence-electron chi connectivity index (χ0n) is 16.8. The third-order valence-electron chi connectivity index (χ3n) is 6.59. The third kappa shape index (κ3) is 3.73. The molecule has 2 aromatic carbocycles. The highest BCUT2D eigenvalue weighted by Crippen LogP contribution is 2.44. The van der Waals surface area contributed by atoms with Gasteiger partial charge >= 0.3 is 6.18 Å². The smallest absolute Gasteiger partial charge is 0.348 e. The van der Waals surface area contributed by atoms with Gasteiger partial charge in [-0.15, -0.1) is 0 Å². The Balaban J connectivity index is 1.44. The number of aromatic nitrogens is 2. The van der Waals surface area contributed by atoms with Gasteiger partial charge in [0.05, 0.1) is 18.1 Å². The lowest BCUT2D eigenvalue weighted by atomic mass is 9.95. The molecule has 1 amide bonds. The van der Waals surface area contributed by atoms with E-state index in [2.05, 4.69) is 10.3 Å². The average molecular weight is 425 g/mol. The number of alkyl halides is 3. The van der Waals surface area contributed by atoms with Gasteiger partial charge in [-0.05, 0) is 60.4 Å². The molecular weight excluding hydrogens is 403 g/mol. The number of carbonyl (C=O) groups is 1. The molecule has 5 rings (SSSR count). The van der Waals surface area contributed by atoms with Gasteiger partial charge in [0.1, 0.15) is 5.69 Å². The van der Waals surface area contributed by atoms with E-state index in [-0.39, 0.29) is 17.5 Å². The van der Waals surface area contributed by atoms with E-state index in [1.54, 1.807) is 34.9 Å². The highest BCUT2D eigenvalue weighted by Gasteiger charge is 2.40. The number of amides is 1. The largest absolute Gasteiger partial charge is 0.417 e. The van der Waals surface area contributed by atoms with Crippen LogP contribution in [0.5, 0.6) is 0 Å². The summed E-state index contributed by atoms with van der Waals surface area (Å²) in [6.07, 6.45) is 3.19. The fourth-order valence-electron chi connectivity index (χ4n) is 5.14. The van der Waals surface area contributed by atoms with Crippen molar-refractivity contribution in [1.82, 2.24) is 14.9 Å². The number of imidazole rings is 1. The van der Waals surface area contributed by atoms with Crippen LogP contribution in [-0.2, 0) is 6.18 Å². The van der Waals surface area contributed by atoms with Crippen molar-refractivity contribution in [2.45, 2.75) is 37.9 Å². The van der Waals surface area contributed by atoms with Crippen molar-refractivity contribution in [2.75, 3.05) is 0 Å². The van der Waals surface area contributed by atoms with Crippen LogP contribution in [0.3, 0.4) is 0 Å². The first kappa shape index (κ1) is 19.8.